The van der Waals surface area contributed by atoms with Gasteiger partial charge in [-0.25, -0.2) is 9.80 Å². The standard InChI is InChI=1S/C23H27N3O5/c1-4-31-23(28)24-18-8-5-16(6-9-18)13-14-26-22(27)12-10-19(25-26)17-7-11-20(29-2)21(15-17)30-3/h5-9,11,15H,4,10,12-14H2,1-3H3,(H,24,28). The van der Waals surface area contributed by atoms with Gasteiger partial charge in [-0.2, -0.15) is 5.10 Å². The molecule has 3 rings (SSSR count). The maximum Gasteiger partial charge on any atom is 0.411 e. The van der Waals surface area contributed by atoms with Gasteiger partial charge < -0.3 is 14.2 Å². The van der Waals surface area contributed by atoms with Gasteiger partial charge in [0.05, 0.1) is 26.5 Å². The minimum Gasteiger partial charge on any atom is -0.493 e. The Labute approximate surface area is 181 Å². The molecule has 2 aromatic rings. The van der Waals surface area contributed by atoms with E-state index in [9.17, 15) is 9.59 Å². The van der Waals surface area contributed by atoms with E-state index in [0.29, 0.717) is 49.6 Å². The van der Waals surface area contributed by atoms with Crippen LogP contribution in [0.2, 0.25) is 0 Å². The van der Waals surface area contributed by atoms with Crippen LogP contribution in [0, 0.1) is 0 Å². The maximum absolute atomic E-state index is 12.4. The number of nitrogens with zero attached hydrogens (tertiary/aromatic N) is 2. The highest BCUT2D eigenvalue weighted by Gasteiger charge is 2.22. The molecule has 1 aliphatic heterocycles. The Morgan fingerprint density at radius 1 is 1.06 bits per heavy atom. The van der Waals surface area contributed by atoms with Crippen molar-refractivity contribution in [2.45, 2.75) is 26.2 Å². The zero-order valence-corrected chi connectivity index (χ0v) is 18.0. The van der Waals surface area contributed by atoms with Gasteiger partial charge in [0.1, 0.15) is 0 Å². The molecule has 8 nitrogen and oxygen atoms in total. The maximum atomic E-state index is 12.4. The van der Waals surface area contributed by atoms with Crippen LogP contribution in [0.25, 0.3) is 0 Å². The summed E-state index contributed by atoms with van der Waals surface area (Å²) in [4.78, 5) is 23.8. The summed E-state index contributed by atoms with van der Waals surface area (Å²) in [5.41, 5.74) is 3.44. The third kappa shape index (κ3) is 5.75. The molecule has 1 N–H and O–H groups in total. The molecule has 0 aliphatic carbocycles. The first-order valence-electron chi connectivity index (χ1n) is 10.2. The number of hydrogen-bond acceptors (Lipinski definition) is 6. The minimum absolute atomic E-state index is 0.00447. The number of hydrogen-bond donors (Lipinski definition) is 1. The van der Waals surface area contributed by atoms with Crippen LogP contribution in [0.15, 0.2) is 47.6 Å². The van der Waals surface area contributed by atoms with Crippen LogP contribution in [-0.4, -0.2) is 50.1 Å². The Kier molecular flexibility index (Phi) is 7.48. The molecule has 0 bridgehead atoms. The molecule has 31 heavy (non-hydrogen) atoms. The third-order valence-corrected chi connectivity index (χ3v) is 4.91. The Morgan fingerprint density at radius 2 is 1.81 bits per heavy atom. The predicted molar refractivity (Wildman–Crippen MR) is 118 cm³/mol. The molecule has 1 aliphatic rings. The van der Waals surface area contributed by atoms with Crippen molar-refractivity contribution in [3.63, 3.8) is 0 Å². The molecular formula is C23H27N3O5. The molecule has 0 atom stereocenters. The summed E-state index contributed by atoms with van der Waals surface area (Å²) in [5, 5.41) is 8.77. The highest BCUT2D eigenvalue weighted by atomic mass is 16.5. The van der Waals surface area contributed by atoms with Crippen LogP contribution in [0.4, 0.5) is 10.5 Å². The molecular weight excluding hydrogens is 398 g/mol. The highest BCUT2D eigenvalue weighted by Crippen LogP contribution is 2.29. The first-order valence-corrected chi connectivity index (χ1v) is 10.2. The lowest BCUT2D eigenvalue weighted by molar-refractivity contribution is -0.131. The molecule has 0 saturated heterocycles. The smallest absolute Gasteiger partial charge is 0.411 e. The summed E-state index contributed by atoms with van der Waals surface area (Å²) in [5.74, 6) is 1.28. The van der Waals surface area contributed by atoms with E-state index in [4.69, 9.17) is 14.2 Å². The van der Waals surface area contributed by atoms with Gasteiger partial charge in [-0.15, -0.1) is 0 Å². The van der Waals surface area contributed by atoms with E-state index < -0.39 is 6.09 Å². The number of benzene rings is 2. The summed E-state index contributed by atoms with van der Waals surface area (Å²) in [7, 11) is 3.18. The van der Waals surface area contributed by atoms with Crippen LogP contribution in [0.3, 0.4) is 0 Å². The average molecular weight is 425 g/mol. The van der Waals surface area contributed by atoms with E-state index in [-0.39, 0.29) is 5.91 Å². The zero-order chi connectivity index (χ0) is 22.2. The molecule has 2 aromatic carbocycles. The quantitative estimate of drug-likeness (QED) is 0.694. The molecule has 0 unspecified atom stereocenters. The molecule has 0 saturated carbocycles. The topological polar surface area (TPSA) is 89.5 Å². The Bertz CT molecular complexity index is 956. The highest BCUT2D eigenvalue weighted by molar-refractivity contribution is 6.04. The zero-order valence-electron chi connectivity index (χ0n) is 18.0. The Morgan fingerprint density at radius 3 is 2.48 bits per heavy atom. The summed E-state index contributed by atoms with van der Waals surface area (Å²) in [6, 6.07) is 13.1. The lowest BCUT2D eigenvalue weighted by Crippen LogP contribution is -2.33. The van der Waals surface area contributed by atoms with Crippen molar-refractivity contribution in [2.75, 3.05) is 32.7 Å². The van der Waals surface area contributed by atoms with Gasteiger partial charge in [0.15, 0.2) is 11.5 Å². The van der Waals surface area contributed by atoms with E-state index in [1.165, 1.54) is 5.01 Å². The normalized spacial score (nSPS) is 13.5. The van der Waals surface area contributed by atoms with Gasteiger partial charge in [-0.1, -0.05) is 12.1 Å². The molecule has 0 aromatic heterocycles. The van der Waals surface area contributed by atoms with E-state index in [1.807, 2.05) is 42.5 Å². The third-order valence-electron chi connectivity index (χ3n) is 4.91. The monoisotopic (exact) mass is 425 g/mol. The predicted octanol–water partition coefficient (Wildman–Crippen LogP) is 3.84. The largest absolute Gasteiger partial charge is 0.493 e. The molecule has 2 amide bonds. The first kappa shape index (κ1) is 22.1. The van der Waals surface area contributed by atoms with Crippen molar-refractivity contribution >= 4 is 23.4 Å². The second-order valence-electron chi connectivity index (χ2n) is 6.93. The van der Waals surface area contributed by atoms with Gasteiger partial charge >= 0.3 is 6.09 Å². The van der Waals surface area contributed by atoms with Crippen molar-refractivity contribution in [1.82, 2.24) is 5.01 Å². The van der Waals surface area contributed by atoms with E-state index in [1.54, 1.807) is 21.1 Å². The van der Waals surface area contributed by atoms with E-state index in [0.717, 1.165) is 16.8 Å². The number of hydrazone groups is 1. The number of ether oxygens (including phenoxy) is 3. The molecule has 1 heterocycles. The Balaban J connectivity index is 1.65. The summed E-state index contributed by atoms with van der Waals surface area (Å²) < 4.78 is 15.5. The van der Waals surface area contributed by atoms with Gasteiger partial charge in [0, 0.05) is 30.6 Å². The van der Waals surface area contributed by atoms with Crippen molar-refractivity contribution < 1.29 is 23.8 Å². The molecule has 0 radical (unpaired) electrons. The van der Waals surface area contributed by atoms with Gasteiger partial charge in [-0.3, -0.25) is 10.1 Å². The van der Waals surface area contributed by atoms with Crippen molar-refractivity contribution in [1.29, 1.82) is 0 Å². The fourth-order valence-corrected chi connectivity index (χ4v) is 3.27. The fourth-order valence-electron chi connectivity index (χ4n) is 3.27. The number of rotatable bonds is 8. The molecule has 0 fully saturated rings. The SMILES string of the molecule is CCOC(=O)Nc1ccc(CCN2N=C(c3ccc(OC)c(OC)c3)CCC2=O)cc1. The number of methoxy groups -OCH3 is 2. The molecule has 0 spiro atoms. The summed E-state index contributed by atoms with van der Waals surface area (Å²) >= 11 is 0. The van der Waals surface area contributed by atoms with Crippen LogP contribution in [0.5, 0.6) is 11.5 Å². The second-order valence-corrected chi connectivity index (χ2v) is 6.93. The van der Waals surface area contributed by atoms with Crippen molar-refractivity contribution in [2.24, 2.45) is 5.10 Å². The summed E-state index contributed by atoms with van der Waals surface area (Å²) in [6.45, 7) is 2.55. The van der Waals surface area contributed by atoms with E-state index >= 15 is 0 Å². The lowest BCUT2D eigenvalue weighted by atomic mass is 10.0. The van der Waals surface area contributed by atoms with Crippen molar-refractivity contribution in [3.8, 4) is 11.5 Å². The number of amides is 2. The number of nitrogens with one attached hydrogen (secondary N) is 1. The van der Waals surface area contributed by atoms with Crippen LogP contribution < -0.4 is 14.8 Å². The lowest BCUT2D eigenvalue weighted by Gasteiger charge is -2.24. The van der Waals surface area contributed by atoms with E-state index in [2.05, 4.69) is 10.4 Å². The second kappa shape index (κ2) is 10.5. The molecule has 8 heteroatoms. The minimum atomic E-state index is -0.480. The average Bonchev–Trinajstić information content (AvgIpc) is 2.79. The first-order chi connectivity index (χ1) is 15.0. The van der Waals surface area contributed by atoms with Crippen molar-refractivity contribution in [3.05, 3.63) is 53.6 Å². The van der Waals surface area contributed by atoms with Crippen LogP contribution >= 0.6 is 0 Å². The number of anilines is 1. The fraction of sp³-hybridized carbons (Fsp3) is 0.348. The van der Waals surface area contributed by atoms with Gasteiger partial charge in [-0.05, 0) is 49.2 Å². The van der Waals surface area contributed by atoms with Crippen LogP contribution in [-0.2, 0) is 16.0 Å². The number of carbonyl (C=O) groups excluding carboxylic acids is 2. The van der Waals surface area contributed by atoms with Crippen LogP contribution in [0.1, 0.15) is 30.9 Å². The van der Waals surface area contributed by atoms with Gasteiger partial charge in [0.25, 0.3) is 0 Å². The Hall–Kier alpha value is -3.55. The summed E-state index contributed by atoms with van der Waals surface area (Å²) in [6.07, 6.45) is 1.16. The van der Waals surface area contributed by atoms with Gasteiger partial charge in [0.2, 0.25) is 5.91 Å². The molecule has 164 valence electrons. The number of carbonyl (C=O) groups is 2.